The number of benzene rings is 1. The van der Waals surface area contributed by atoms with Crippen LogP contribution in [0.25, 0.3) is 0 Å². The lowest BCUT2D eigenvalue weighted by atomic mass is 10.1. The number of nitrogens with zero attached hydrogens (tertiary/aromatic N) is 1. The van der Waals surface area contributed by atoms with Crippen LogP contribution in [-0.4, -0.2) is 18.2 Å². The Kier molecular flexibility index (Phi) is 2.81. The lowest BCUT2D eigenvalue weighted by Crippen LogP contribution is -2.08. The van der Waals surface area contributed by atoms with Gasteiger partial charge in [0.05, 0.1) is 0 Å². The van der Waals surface area contributed by atoms with E-state index in [1.165, 1.54) is 0 Å². The summed E-state index contributed by atoms with van der Waals surface area (Å²) >= 11 is 0. The van der Waals surface area contributed by atoms with Gasteiger partial charge in [0.2, 0.25) is 0 Å². The van der Waals surface area contributed by atoms with Crippen LogP contribution in [0.2, 0.25) is 0 Å². The van der Waals surface area contributed by atoms with Gasteiger partial charge in [-0.2, -0.15) is 0 Å². The van der Waals surface area contributed by atoms with Crippen molar-refractivity contribution >= 4 is 17.3 Å². The molecule has 1 aromatic carbocycles. The summed E-state index contributed by atoms with van der Waals surface area (Å²) in [6.07, 6.45) is 2.16. The van der Waals surface area contributed by atoms with Crippen LogP contribution in [0.5, 0.6) is 0 Å². The molecule has 3 nitrogen and oxygen atoms in total. The van der Waals surface area contributed by atoms with E-state index in [-0.39, 0.29) is 5.78 Å². The van der Waals surface area contributed by atoms with E-state index in [4.69, 9.17) is 0 Å². The van der Waals surface area contributed by atoms with Gasteiger partial charge in [-0.15, -0.1) is 0 Å². The number of Topliss-reactive ketones (excluding diaryl/α,β-unsaturated/α-hetero) is 1. The Morgan fingerprint density at radius 2 is 2.07 bits per heavy atom. The molecule has 0 aliphatic carbocycles. The molecular weight excluding hydrogens is 188 g/mol. The normalized spacial score (nSPS) is 14.9. The van der Waals surface area contributed by atoms with Gasteiger partial charge in [0.15, 0.2) is 5.78 Å². The Balaban J connectivity index is 2.06. The molecular formula is C12H14N2O. The molecule has 0 bridgehead atoms. The third kappa shape index (κ3) is 2.43. The molecule has 0 saturated carbocycles. The monoisotopic (exact) mass is 202 g/mol. The Morgan fingerprint density at radius 3 is 2.60 bits per heavy atom. The second-order valence-corrected chi connectivity index (χ2v) is 3.69. The van der Waals surface area contributed by atoms with Crippen molar-refractivity contribution in [3.8, 4) is 0 Å². The molecule has 78 valence electrons. The second kappa shape index (κ2) is 4.26. The summed E-state index contributed by atoms with van der Waals surface area (Å²) in [5.74, 6) is 1.14. The number of hydrogen-bond donors (Lipinski definition) is 1. The van der Waals surface area contributed by atoms with Crippen LogP contribution in [0.4, 0.5) is 5.69 Å². The molecule has 0 radical (unpaired) electrons. The molecule has 1 aliphatic heterocycles. The van der Waals surface area contributed by atoms with E-state index in [1.54, 1.807) is 6.92 Å². The quantitative estimate of drug-likeness (QED) is 0.748. The molecule has 1 aromatic rings. The summed E-state index contributed by atoms with van der Waals surface area (Å²) in [5, 5.41) is 3.25. The maximum atomic E-state index is 11.1. The second-order valence-electron chi connectivity index (χ2n) is 3.69. The number of rotatable bonds is 2. The largest absolute Gasteiger partial charge is 0.344 e. The van der Waals surface area contributed by atoms with E-state index in [0.717, 1.165) is 36.5 Å². The van der Waals surface area contributed by atoms with Gasteiger partial charge in [0.1, 0.15) is 5.84 Å². The van der Waals surface area contributed by atoms with E-state index >= 15 is 0 Å². The molecule has 2 rings (SSSR count). The summed E-state index contributed by atoms with van der Waals surface area (Å²) in [5.41, 5.74) is 1.74. The fourth-order valence-electron chi connectivity index (χ4n) is 1.60. The van der Waals surface area contributed by atoms with Gasteiger partial charge < -0.3 is 5.32 Å². The molecule has 0 spiro atoms. The summed E-state index contributed by atoms with van der Waals surface area (Å²) in [7, 11) is 0. The van der Waals surface area contributed by atoms with Crippen molar-refractivity contribution < 1.29 is 4.79 Å². The molecule has 1 N–H and O–H groups in total. The van der Waals surface area contributed by atoms with Crippen molar-refractivity contribution in [2.75, 3.05) is 11.9 Å². The number of aliphatic imine (C=N–C) groups is 1. The van der Waals surface area contributed by atoms with E-state index in [9.17, 15) is 4.79 Å². The van der Waals surface area contributed by atoms with Gasteiger partial charge in [-0.3, -0.25) is 9.79 Å². The third-order valence-corrected chi connectivity index (χ3v) is 2.45. The topological polar surface area (TPSA) is 41.5 Å². The Hall–Kier alpha value is -1.64. The minimum atomic E-state index is 0.0970. The van der Waals surface area contributed by atoms with Gasteiger partial charge in [-0.1, -0.05) is 0 Å². The first-order valence-corrected chi connectivity index (χ1v) is 5.17. The number of nitrogens with one attached hydrogen (secondary N) is 1. The highest BCUT2D eigenvalue weighted by Crippen LogP contribution is 2.13. The van der Waals surface area contributed by atoms with Crippen LogP contribution in [0, 0.1) is 0 Å². The Morgan fingerprint density at radius 1 is 1.33 bits per heavy atom. The number of carbonyl (C=O) groups excluding carboxylic acids is 1. The van der Waals surface area contributed by atoms with Crippen LogP contribution >= 0.6 is 0 Å². The van der Waals surface area contributed by atoms with Gasteiger partial charge >= 0.3 is 0 Å². The van der Waals surface area contributed by atoms with E-state index in [1.807, 2.05) is 24.3 Å². The van der Waals surface area contributed by atoms with Gasteiger partial charge in [-0.05, 0) is 37.6 Å². The van der Waals surface area contributed by atoms with Crippen molar-refractivity contribution in [2.24, 2.45) is 4.99 Å². The smallest absolute Gasteiger partial charge is 0.159 e. The first-order chi connectivity index (χ1) is 7.25. The minimum absolute atomic E-state index is 0.0970. The number of carbonyl (C=O) groups is 1. The first-order valence-electron chi connectivity index (χ1n) is 5.17. The highest BCUT2D eigenvalue weighted by atomic mass is 16.1. The number of ketones is 1. The SMILES string of the molecule is CC(=O)c1ccc(NC2=NCCC2)cc1. The van der Waals surface area contributed by atoms with E-state index < -0.39 is 0 Å². The molecule has 1 heterocycles. The zero-order chi connectivity index (χ0) is 10.7. The van der Waals surface area contributed by atoms with E-state index in [2.05, 4.69) is 10.3 Å². The van der Waals surface area contributed by atoms with E-state index in [0.29, 0.717) is 0 Å². The molecule has 0 saturated heterocycles. The van der Waals surface area contributed by atoms with Crippen LogP contribution in [-0.2, 0) is 0 Å². The minimum Gasteiger partial charge on any atom is -0.344 e. The number of amidine groups is 1. The summed E-state index contributed by atoms with van der Waals surface area (Å²) in [6, 6.07) is 7.50. The van der Waals surface area contributed by atoms with Crippen molar-refractivity contribution in [3.63, 3.8) is 0 Å². The van der Waals surface area contributed by atoms with Crippen LogP contribution in [0.3, 0.4) is 0 Å². The number of anilines is 1. The molecule has 3 heteroatoms. The van der Waals surface area contributed by atoms with Gasteiger partial charge in [-0.25, -0.2) is 0 Å². The predicted molar refractivity (Wildman–Crippen MR) is 61.6 cm³/mol. The third-order valence-electron chi connectivity index (χ3n) is 2.45. The van der Waals surface area contributed by atoms with Crippen molar-refractivity contribution in [1.82, 2.24) is 0 Å². The number of hydrogen-bond acceptors (Lipinski definition) is 3. The predicted octanol–water partition coefficient (Wildman–Crippen LogP) is 2.49. The van der Waals surface area contributed by atoms with Crippen LogP contribution in [0.15, 0.2) is 29.3 Å². The standard InChI is InChI=1S/C12H14N2O/c1-9(15)10-4-6-11(7-5-10)14-12-3-2-8-13-12/h4-7H,2-3,8H2,1H3,(H,13,14). The lowest BCUT2D eigenvalue weighted by Gasteiger charge is -2.05. The van der Waals surface area contributed by atoms with Crippen LogP contribution < -0.4 is 5.32 Å². The Bertz CT molecular complexity index is 393. The molecule has 0 unspecified atom stereocenters. The molecule has 0 aromatic heterocycles. The van der Waals surface area contributed by atoms with Crippen LogP contribution in [0.1, 0.15) is 30.1 Å². The molecule has 1 aliphatic rings. The summed E-state index contributed by atoms with van der Waals surface area (Å²) in [4.78, 5) is 15.4. The highest BCUT2D eigenvalue weighted by molar-refractivity contribution is 5.97. The average Bonchev–Trinajstić information content (AvgIpc) is 2.71. The zero-order valence-corrected chi connectivity index (χ0v) is 8.79. The fraction of sp³-hybridized carbons (Fsp3) is 0.333. The fourth-order valence-corrected chi connectivity index (χ4v) is 1.60. The first kappa shape index (κ1) is 9.90. The average molecular weight is 202 g/mol. The Labute approximate surface area is 89.2 Å². The van der Waals surface area contributed by atoms with Crippen molar-refractivity contribution in [3.05, 3.63) is 29.8 Å². The molecule has 0 amide bonds. The van der Waals surface area contributed by atoms with Crippen molar-refractivity contribution in [1.29, 1.82) is 0 Å². The maximum absolute atomic E-state index is 11.1. The lowest BCUT2D eigenvalue weighted by molar-refractivity contribution is 0.101. The maximum Gasteiger partial charge on any atom is 0.159 e. The zero-order valence-electron chi connectivity index (χ0n) is 8.79. The molecule has 15 heavy (non-hydrogen) atoms. The summed E-state index contributed by atoms with van der Waals surface area (Å²) in [6.45, 7) is 2.50. The molecule has 0 atom stereocenters. The van der Waals surface area contributed by atoms with Gasteiger partial charge in [0, 0.05) is 24.2 Å². The molecule has 0 fully saturated rings. The summed E-state index contributed by atoms with van der Waals surface area (Å²) < 4.78 is 0. The van der Waals surface area contributed by atoms with Crippen molar-refractivity contribution in [2.45, 2.75) is 19.8 Å². The van der Waals surface area contributed by atoms with Gasteiger partial charge in [0.25, 0.3) is 0 Å². The highest BCUT2D eigenvalue weighted by Gasteiger charge is 2.06.